The summed E-state index contributed by atoms with van der Waals surface area (Å²) in [7, 11) is 1.61. The topological polar surface area (TPSA) is 54.4 Å². The second-order valence-corrected chi connectivity index (χ2v) is 4.08. The first-order valence-electron chi connectivity index (χ1n) is 6.13. The summed E-state index contributed by atoms with van der Waals surface area (Å²) in [6.07, 6.45) is 3.32. The Morgan fingerprint density at radius 1 is 1.41 bits per heavy atom. The Morgan fingerprint density at radius 3 is 2.71 bits per heavy atom. The van der Waals surface area contributed by atoms with Crippen LogP contribution in [0.2, 0.25) is 0 Å². The van der Waals surface area contributed by atoms with Crippen molar-refractivity contribution in [1.82, 2.24) is 4.98 Å². The molecule has 4 heteroatoms. The predicted octanol–water partition coefficient (Wildman–Crippen LogP) is 2.30. The highest BCUT2D eigenvalue weighted by molar-refractivity contribution is 5.49. The second kappa shape index (κ2) is 7.12. The number of nitrogens with one attached hydrogen (secondary N) is 1. The fourth-order valence-corrected chi connectivity index (χ4v) is 1.89. The van der Waals surface area contributed by atoms with Crippen LogP contribution in [-0.4, -0.2) is 29.8 Å². The van der Waals surface area contributed by atoms with Crippen LogP contribution < -0.4 is 10.1 Å². The van der Waals surface area contributed by atoms with E-state index < -0.39 is 0 Å². The lowest BCUT2D eigenvalue weighted by Crippen LogP contribution is -2.28. The fraction of sp³-hybridized carbons (Fsp3) is 0.615. The van der Waals surface area contributed by atoms with Gasteiger partial charge in [0.05, 0.1) is 13.2 Å². The van der Waals surface area contributed by atoms with E-state index in [9.17, 15) is 5.11 Å². The largest absolute Gasteiger partial charge is 0.493 e. The Labute approximate surface area is 103 Å². The van der Waals surface area contributed by atoms with E-state index in [1.807, 2.05) is 12.1 Å². The number of aliphatic hydroxyl groups excluding tert-OH is 1. The van der Waals surface area contributed by atoms with E-state index in [4.69, 9.17) is 4.74 Å². The molecule has 0 saturated carbocycles. The molecular formula is C13H22N2O2. The van der Waals surface area contributed by atoms with Gasteiger partial charge in [0.1, 0.15) is 0 Å². The zero-order chi connectivity index (χ0) is 12.7. The van der Waals surface area contributed by atoms with Crippen molar-refractivity contribution in [2.24, 2.45) is 5.92 Å². The maximum Gasteiger partial charge on any atom is 0.168 e. The third-order valence-corrected chi connectivity index (χ3v) is 3.06. The van der Waals surface area contributed by atoms with Crippen molar-refractivity contribution in [2.75, 3.05) is 19.0 Å². The molecule has 0 aliphatic carbocycles. The van der Waals surface area contributed by atoms with Crippen molar-refractivity contribution >= 4 is 5.82 Å². The molecule has 1 atom stereocenters. The quantitative estimate of drug-likeness (QED) is 0.765. The van der Waals surface area contributed by atoms with Crippen LogP contribution in [0.15, 0.2) is 18.3 Å². The summed E-state index contributed by atoms with van der Waals surface area (Å²) in [5.74, 6) is 1.71. The van der Waals surface area contributed by atoms with Gasteiger partial charge in [-0.2, -0.15) is 0 Å². The van der Waals surface area contributed by atoms with Crippen molar-refractivity contribution in [2.45, 2.75) is 32.8 Å². The molecule has 1 rings (SSSR count). The van der Waals surface area contributed by atoms with E-state index in [2.05, 4.69) is 24.1 Å². The second-order valence-electron chi connectivity index (χ2n) is 4.08. The molecule has 1 unspecified atom stereocenters. The maximum absolute atomic E-state index is 10.0. The van der Waals surface area contributed by atoms with Crippen molar-refractivity contribution in [3.63, 3.8) is 0 Å². The minimum absolute atomic E-state index is 0.331. The van der Waals surface area contributed by atoms with Gasteiger partial charge in [0.25, 0.3) is 0 Å². The van der Waals surface area contributed by atoms with E-state index >= 15 is 0 Å². The van der Waals surface area contributed by atoms with Gasteiger partial charge >= 0.3 is 0 Å². The minimum Gasteiger partial charge on any atom is -0.493 e. The molecule has 4 nitrogen and oxygen atoms in total. The van der Waals surface area contributed by atoms with Gasteiger partial charge in [0.15, 0.2) is 11.6 Å². The molecular weight excluding hydrogens is 216 g/mol. The zero-order valence-corrected chi connectivity index (χ0v) is 10.8. The monoisotopic (exact) mass is 238 g/mol. The Bertz CT molecular complexity index is 327. The predicted molar refractivity (Wildman–Crippen MR) is 69.4 cm³/mol. The SMILES string of the molecule is CCC(CC)C(O)CNc1ncccc1OC. The van der Waals surface area contributed by atoms with Gasteiger partial charge in [-0.15, -0.1) is 0 Å². The molecule has 17 heavy (non-hydrogen) atoms. The number of anilines is 1. The van der Waals surface area contributed by atoms with E-state index in [-0.39, 0.29) is 6.10 Å². The van der Waals surface area contributed by atoms with Gasteiger partial charge in [-0.25, -0.2) is 4.98 Å². The summed E-state index contributed by atoms with van der Waals surface area (Å²) in [5, 5.41) is 13.1. The number of ether oxygens (including phenoxy) is 1. The molecule has 1 aromatic rings. The first kappa shape index (κ1) is 13.8. The Balaban J connectivity index is 2.54. The molecule has 0 radical (unpaired) electrons. The highest BCUT2D eigenvalue weighted by Crippen LogP contribution is 2.21. The molecule has 1 heterocycles. The van der Waals surface area contributed by atoms with E-state index in [1.54, 1.807) is 13.3 Å². The average Bonchev–Trinajstić information content (AvgIpc) is 2.38. The highest BCUT2D eigenvalue weighted by atomic mass is 16.5. The molecule has 0 spiro atoms. The Kier molecular flexibility index (Phi) is 5.77. The summed E-state index contributed by atoms with van der Waals surface area (Å²) in [6, 6.07) is 3.67. The third-order valence-electron chi connectivity index (χ3n) is 3.06. The summed E-state index contributed by atoms with van der Waals surface area (Å²) in [6.45, 7) is 4.69. The minimum atomic E-state index is -0.350. The summed E-state index contributed by atoms with van der Waals surface area (Å²) < 4.78 is 5.18. The smallest absolute Gasteiger partial charge is 0.168 e. The molecule has 0 fully saturated rings. The lowest BCUT2D eigenvalue weighted by atomic mass is 9.96. The number of aliphatic hydroxyl groups is 1. The van der Waals surface area contributed by atoms with Crippen molar-refractivity contribution in [3.8, 4) is 5.75 Å². The first-order chi connectivity index (χ1) is 8.22. The molecule has 0 amide bonds. The van der Waals surface area contributed by atoms with E-state index in [1.165, 1.54) is 0 Å². The fourth-order valence-electron chi connectivity index (χ4n) is 1.89. The van der Waals surface area contributed by atoms with Gasteiger partial charge in [-0.1, -0.05) is 26.7 Å². The van der Waals surface area contributed by atoms with Crippen LogP contribution in [0.4, 0.5) is 5.82 Å². The number of pyridine rings is 1. The molecule has 0 aliphatic heterocycles. The summed E-state index contributed by atoms with van der Waals surface area (Å²) in [5.41, 5.74) is 0. The molecule has 96 valence electrons. The van der Waals surface area contributed by atoms with Crippen LogP contribution in [-0.2, 0) is 0 Å². The molecule has 0 bridgehead atoms. The lowest BCUT2D eigenvalue weighted by Gasteiger charge is -2.21. The van der Waals surface area contributed by atoms with Gasteiger partial charge in [-0.3, -0.25) is 0 Å². The number of rotatable bonds is 7. The van der Waals surface area contributed by atoms with Crippen molar-refractivity contribution in [3.05, 3.63) is 18.3 Å². The summed E-state index contributed by atoms with van der Waals surface area (Å²) in [4.78, 5) is 4.19. The van der Waals surface area contributed by atoms with Gasteiger partial charge in [-0.05, 0) is 18.1 Å². The number of hydrogen-bond acceptors (Lipinski definition) is 4. The standard InChI is InChI=1S/C13H22N2O2/c1-4-10(5-2)11(16)9-15-13-12(17-3)7-6-8-14-13/h6-8,10-11,16H,4-5,9H2,1-3H3,(H,14,15). The number of hydrogen-bond donors (Lipinski definition) is 2. The lowest BCUT2D eigenvalue weighted by molar-refractivity contribution is 0.114. The van der Waals surface area contributed by atoms with Crippen LogP contribution in [0.25, 0.3) is 0 Å². The van der Waals surface area contributed by atoms with Gasteiger partial charge < -0.3 is 15.2 Å². The molecule has 0 aromatic carbocycles. The average molecular weight is 238 g/mol. The summed E-state index contributed by atoms with van der Waals surface area (Å²) >= 11 is 0. The zero-order valence-electron chi connectivity index (χ0n) is 10.8. The van der Waals surface area contributed by atoms with Gasteiger partial charge in [0.2, 0.25) is 0 Å². The molecule has 1 aromatic heterocycles. The van der Waals surface area contributed by atoms with Crippen LogP contribution in [0.1, 0.15) is 26.7 Å². The Morgan fingerprint density at radius 2 is 2.12 bits per heavy atom. The highest BCUT2D eigenvalue weighted by Gasteiger charge is 2.15. The first-order valence-corrected chi connectivity index (χ1v) is 6.13. The van der Waals surface area contributed by atoms with Crippen molar-refractivity contribution < 1.29 is 9.84 Å². The molecule has 2 N–H and O–H groups in total. The van der Waals surface area contributed by atoms with Crippen molar-refractivity contribution in [1.29, 1.82) is 0 Å². The number of methoxy groups -OCH3 is 1. The third kappa shape index (κ3) is 3.89. The molecule has 0 saturated heterocycles. The van der Waals surface area contributed by atoms with Gasteiger partial charge in [0, 0.05) is 12.7 Å². The van der Waals surface area contributed by atoms with E-state index in [0.29, 0.717) is 24.0 Å². The molecule has 0 aliphatic rings. The normalized spacial score (nSPS) is 12.5. The van der Waals surface area contributed by atoms with Crippen LogP contribution in [0.3, 0.4) is 0 Å². The van der Waals surface area contributed by atoms with E-state index in [0.717, 1.165) is 12.8 Å². The van der Waals surface area contributed by atoms with Crippen LogP contribution in [0.5, 0.6) is 5.75 Å². The van der Waals surface area contributed by atoms with Crippen LogP contribution in [0, 0.1) is 5.92 Å². The number of nitrogens with zero attached hydrogens (tertiary/aromatic N) is 1. The van der Waals surface area contributed by atoms with Crippen LogP contribution >= 0.6 is 0 Å². The maximum atomic E-state index is 10.0. The Hall–Kier alpha value is -1.29. The number of aromatic nitrogens is 1.